The molecule has 0 unspecified atom stereocenters. The highest BCUT2D eigenvalue weighted by Gasteiger charge is 2.12. The normalized spacial score (nSPS) is 11.3. The monoisotopic (exact) mass is 391 g/mol. The van der Waals surface area contributed by atoms with Gasteiger partial charge in [0.05, 0.1) is 17.0 Å². The molecule has 0 aliphatic carbocycles. The Morgan fingerprint density at radius 3 is 2.67 bits per heavy atom. The van der Waals surface area contributed by atoms with Gasteiger partial charge in [-0.3, -0.25) is 4.72 Å². The van der Waals surface area contributed by atoms with Gasteiger partial charge in [0.25, 0.3) is 0 Å². The van der Waals surface area contributed by atoms with E-state index in [1.807, 2.05) is 0 Å². The number of halogens is 1. The fourth-order valence-electron chi connectivity index (χ4n) is 2.36. The van der Waals surface area contributed by atoms with Gasteiger partial charge in [-0.1, -0.05) is 12.1 Å². The Bertz CT molecular complexity index is 1030. The standard InChI is InChI=1S/C17H18FN5O3S/c18-14-3-1-13(2-4-14)12-20-17(24)19-8-10-27(25,26)22-15-6-9-23-16(11-15)5-7-21-23/h1-7,9,11,22H,8,10,12H2,(H2,19,20,24). The van der Waals surface area contributed by atoms with Crippen LogP contribution < -0.4 is 15.4 Å². The molecule has 2 aromatic heterocycles. The molecule has 0 aliphatic heterocycles. The Morgan fingerprint density at radius 1 is 1.11 bits per heavy atom. The zero-order valence-electron chi connectivity index (χ0n) is 14.2. The van der Waals surface area contributed by atoms with Crippen molar-refractivity contribution in [3.8, 4) is 0 Å². The first kappa shape index (κ1) is 18.6. The van der Waals surface area contributed by atoms with Gasteiger partial charge in [-0.05, 0) is 35.9 Å². The molecule has 3 aromatic rings. The van der Waals surface area contributed by atoms with Gasteiger partial charge in [-0.2, -0.15) is 5.10 Å². The summed E-state index contributed by atoms with van der Waals surface area (Å²) >= 11 is 0. The molecule has 0 saturated carbocycles. The van der Waals surface area contributed by atoms with Gasteiger partial charge in [-0.25, -0.2) is 22.1 Å². The number of aromatic nitrogens is 2. The molecule has 3 rings (SSSR count). The molecule has 27 heavy (non-hydrogen) atoms. The van der Waals surface area contributed by atoms with E-state index in [9.17, 15) is 17.6 Å². The van der Waals surface area contributed by atoms with Crippen LogP contribution in [-0.4, -0.2) is 36.4 Å². The summed E-state index contributed by atoms with van der Waals surface area (Å²) in [4.78, 5) is 11.7. The molecule has 0 fully saturated rings. The number of benzene rings is 1. The van der Waals surface area contributed by atoms with Crippen LogP contribution in [0.5, 0.6) is 0 Å². The van der Waals surface area contributed by atoms with Crippen molar-refractivity contribution in [2.45, 2.75) is 6.54 Å². The largest absolute Gasteiger partial charge is 0.337 e. The molecule has 0 aliphatic rings. The minimum atomic E-state index is -3.62. The van der Waals surface area contributed by atoms with Gasteiger partial charge in [0.2, 0.25) is 10.0 Å². The molecule has 0 atom stereocenters. The van der Waals surface area contributed by atoms with E-state index in [4.69, 9.17) is 0 Å². The van der Waals surface area contributed by atoms with Crippen LogP contribution in [0.25, 0.3) is 5.52 Å². The third-order valence-electron chi connectivity index (χ3n) is 3.70. The minimum absolute atomic E-state index is 0.0560. The third kappa shape index (κ3) is 5.42. The van der Waals surface area contributed by atoms with E-state index in [1.54, 1.807) is 47.2 Å². The van der Waals surface area contributed by atoms with E-state index in [0.717, 1.165) is 11.1 Å². The highest BCUT2D eigenvalue weighted by Crippen LogP contribution is 2.13. The second-order valence-corrected chi connectivity index (χ2v) is 7.61. The molecule has 0 radical (unpaired) electrons. The lowest BCUT2D eigenvalue weighted by molar-refractivity contribution is 0.241. The first-order chi connectivity index (χ1) is 12.9. The summed E-state index contributed by atoms with van der Waals surface area (Å²) < 4.78 is 41.1. The van der Waals surface area contributed by atoms with Gasteiger partial charge in [0, 0.05) is 25.5 Å². The fourth-order valence-corrected chi connectivity index (χ4v) is 3.32. The number of anilines is 1. The van der Waals surface area contributed by atoms with E-state index in [1.165, 1.54) is 12.1 Å². The molecule has 10 heteroatoms. The van der Waals surface area contributed by atoms with E-state index in [-0.39, 0.29) is 24.7 Å². The summed E-state index contributed by atoms with van der Waals surface area (Å²) in [5, 5.41) is 9.08. The number of amides is 2. The highest BCUT2D eigenvalue weighted by molar-refractivity contribution is 7.92. The van der Waals surface area contributed by atoms with E-state index >= 15 is 0 Å². The molecule has 0 spiro atoms. The van der Waals surface area contributed by atoms with E-state index in [2.05, 4.69) is 20.5 Å². The molecule has 142 valence electrons. The fraction of sp³-hybridized carbons (Fsp3) is 0.176. The molecule has 1 aromatic carbocycles. The summed E-state index contributed by atoms with van der Waals surface area (Å²) in [6.45, 7) is 0.155. The number of urea groups is 1. The number of hydrogen-bond acceptors (Lipinski definition) is 4. The average Bonchev–Trinajstić information content (AvgIpc) is 3.08. The molecule has 3 N–H and O–H groups in total. The van der Waals surface area contributed by atoms with Crippen molar-refractivity contribution in [3.63, 3.8) is 0 Å². The number of rotatable bonds is 7. The maximum absolute atomic E-state index is 12.8. The molecular weight excluding hydrogens is 373 g/mol. The third-order valence-corrected chi connectivity index (χ3v) is 4.98. The lowest BCUT2D eigenvalue weighted by Crippen LogP contribution is -2.38. The Labute approximate surface area is 155 Å². The zero-order chi connectivity index (χ0) is 19.3. The van der Waals surface area contributed by atoms with Crippen molar-refractivity contribution in [1.29, 1.82) is 0 Å². The number of nitrogens with zero attached hydrogens (tertiary/aromatic N) is 2. The molecule has 8 nitrogen and oxygen atoms in total. The Kier molecular flexibility index (Phi) is 5.55. The van der Waals surface area contributed by atoms with E-state index in [0.29, 0.717) is 5.69 Å². The van der Waals surface area contributed by atoms with Crippen molar-refractivity contribution in [2.24, 2.45) is 0 Å². The molecule has 0 bridgehead atoms. The Hall–Kier alpha value is -3.14. The molecule has 0 saturated heterocycles. The van der Waals surface area contributed by atoms with Crippen LogP contribution in [0.15, 0.2) is 54.9 Å². The Balaban J connectivity index is 1.44. The maximum atomic E-state index is 12.8. The lowest BCUT2D eigenvalue weighted by atomic mass is 10.2. The topological polar surface area (TPSA) is 105 Å². The summed E-state index contributed by atoms with van der Waals surface area (Å²) in [5.41, 5.74) is 1.91. The van der Waals surface area contributed by atoms with Crippen molar-refractivity contribution >= 4 is 27.3 Å². The van der Waals surface area contributed by atoms with Crippen molar-refractivity contribution in [2.75, 3.05) is 17.0 Å². The van der Waals surface area contributed by atoms with Crippen LogP contribution in [0.2, 0.25) is 0 Å². The summed E-state index contributed by atoms with van der Waals surface area (Å²) in [6, 6.07) is 10.2. The van der Waals surface area contributed by atoms with Gasteiger partial charge < -0.3 is 10.6 Å². The second-order valence-electron chi connectivity index (χ2n) is 5.77. The van der Waals surface area contributed by atoms with Crippen LogP contribution in [0.4, 0.5) is 14.9 Å². The number of pyridine rings is 1. The molecule has 2 amide bonds. The van der Waals surface area contributed by atoms with Gasteiger partial charge in [0.1, 0.15) is 5.82 Å². The lowest BCUT2D eigenvalue weighted by Gasteiger charge is -2.10. The summed E-state index contributed by atoms with van der Waals surface area (Å²) in [6.07, 6.45) is 3.26. The number of nitrogens with one attached hydrogen (secondary N) is 3. The van der Waals surface area contributed by atoms with Crippen LogP contribution in [-0.2, 0) is 16.6 Å². The van der Waals surface area contributed by atoms with Crippen molar-refractivity contribution in [1.82, 2.24) is 20.2 Å². The number of carbonyl (C=O) groups excluding carboxylic acids is 1. The van der Waals surface area contributed by atoms with Crippen LogP contribution >= 0.6 is 0 Å². The second kappa shape index (κ2) is 8.04. The van der Waals surface area contributed by atoms with Crippen molar-refractivity contribution in [3.05, 3.63) is 66.2 Å². The number of sulfonamides is 1. The van der Waals surface area contributed by atoms with Gasteiger partial charge in [0.15, 0.2) is 0 Å². The molecule has 2 heterocycles. The number of fused-ring (bicyclic) bond motifs is 1. The average molecular weight is 391 g/mol. The minimum Gasteiger partial charge on any atom is -0.337 e. The van der Waals surface area contributed by atoms with E-state index < -0.39 is 16.1 Å². The smallest absolute Gasteiger partial charge is 0.315 e. The number of hydrogen-bond donors (Lipinski definition) is 3. The van der Waals surface area contributed by atoms with Crippen molar-refractivity contribution < 1.29 is 17.6 Å². The van der Waals surface area contributed by atoms with Crippen LogP contribution in [0.1, 0.15) is 5.56 Å². The molecular formula is C17H18FN5O3S. The predicted molar refractivity (Wildman–Crippen MR) is 99.2 cm³/mol. The maximum Gasteiger partial charge on any atom is 0.315 e. The van der Waals surface area contributed by atoms with Crippen LogP contribution in [0.3, 0.4) is 0 Å². The summed E-state index contributed by atoms with van der Waals surface area (Å²) in [5.74, 6) is -0.630. The van der Waals surface area contributed by atoms with Gasteiger partial charge >= 0.3 is 6.03 Å². The first-order valence-corrected chi connectivity index (χ1v) is 9.76. The quantitative estimate of drug-likeness (QED) is 0.570. The Morgan fingerprint density at radius 2 is 1.89 bits per heavy atom. The number of carbonyl (C=O) groups is 1. The highest BCUT2D eigenvalue weighted by atomic mass is 32.2. The first-order valence-electron chi connectivity index (χ1n) is 8.11. The SMILES string of the molecule is O=C(NCCS(=O)(=O)Nc1ccn2nccc2c1)NCc1ccc(F)cc1. The predicted octanol–water partition coefficient (Wildman–Crippen LogP) is 1.71. The summed E-state index contributed by atoms with van der Waals surface area (Å²) in [7, 11) is -3.62. The van der Waals surface area contributed by atoms with Crippen LogP contribution in [0, 0.1) is 5.82 Å². The zero-order valence-corrected chi connectivity index (χ0v) is 15.0. The van der Waals surface area contributed by atoms with Gasteiger partial charge in [-0.15, -0.1) is 0 Å².